The van der Waals surface area contributed by atoms with Crippen molar-refractivity contribution in [1.29, 1.82) is 0 Å². The van der Waals surface area contributed by atoms with Crippen LogP contribution in [0.3, 0.4) is 0 Å². The van der Waals surface area contributed by atoms with E-state index in [4.69, 9.17) is 4.74 Å². The highest BCUT2D eigenvalue weighted by Crippen LogP contribution is 2.38. The molecule has 4 rings (SSSR count). The molecule has 0 saturated heterocycles. The van der Waals surface area contributed by atoms with Gasteiger partial charge in [-0.3, -0.25) is 9.59 Å². The minimum Gasteiger partial charge on any atom is -0.504 e. The number of phenols is 1. The Bertz CT molecular complexity index is 1180. The number of aromatic hydroxyl groups is 1. The Labute approximate surface area is 156 Å². The van der Waals surface area contributed by atoms with E-state index in [-0.39, 0.29) is 22.3 Å². The summed E-state index contributed by atoms with van der Waals surface area (Å²) in [4.78, 5) is 37.5. The van der Waals surface area contributed by atoms with Gasteiger partial charge in [0.05, 0.1) is 11.1 Å². The molecule has 1 aliphatic carbocycles. The van der Waals surface area contributed by atoms with Crippen molar-refractivity contribution >= 4 is 17.5 Å². The van der Waals surface area contributed by atoms with E-state index >= 15 is 0 Å². The van der Waals surface area contributed by atoms with Crippen LogP contribution in [0.15, 0.2) is 54.6 Å². The number of hydrogen-bond donors (Lipinski definition) is 1. The average Bonchev–Trinajstić information content (AvgIpc) is 2.67. The number of ether oxygens (including phenoxy) is 1. The lowest BCUT2D eigenvalue weighted by Gasteiger charge is -2.19. The van der Waals surface area contributed by atoms with Gasteiger partial charge in [-0.2, -0.15) is 0 Å². The molecule has 28 heavy (non-hydrogen) atoms. The van der Waals surface area contributed by atoms with Gasteiger partial charge in [0.2, 0.25) is 0 Å². The summed E-state index contributed by atoms with van der Waals surface area (Å²) < 4.78 is 31.7. The number of fused-ring (bicyclic) bond motifs is 2. The molecule has 0 saturated carbocycles. The predicted octanol–water partition coefficient (Wildman–Crippen LogP) is 3.67. The van der Waals surface area contributed by atoms with Crippen molar-refractivity contribution in [3.05, 3.63) is 94.0 Å². The lowest BCUT2D eigenvalue weighted by molar-refractivity contribution is 0.0723. The minimum atomic E-state index is -1.19. The number of benzene rings is 3. The normalized spacial score (nSPS) is 12.4. The van der Waals surface area contributed by atoms with Crippen molar-refractivity contribution in [2.24, 2.45) is 0 Å². The van der Waals surface area contributed by atoms with Gasteiger partial charge in [0, 0.05) is 22.8 Å². The van der Waals surface area contributed by atoms with Crippen LogP contribution >= 0.6 is 0 Å². The van der Waals surface area contributed by atoms with Crippen molar-refractivity contribution in [1.82, 2.24) is 0 Å². The van der Waals surface area contributed by atoms with Gasteiger partial charge in [0.25, 0.3) is 0 Å². The molecule has 3 aromatic carbocycles. The Morgan fingerprint density at radius 3 is 2.21 bits per heavy atom. The van der Waals surface area contributed by atoms with E-state index in [1.807, 2.05) is 0 Å². The van der Waals surface area contributed by atoms with E-state index in [9.17, 15) is 28.3 Å². The quantitative estimate of drug-likeness (QED) is 0.424. The monoisotopic (exact) mass is 380 g/mol. The minimum absolute atomic E-state index is 0.0334. The summed E-state index contributed by atoms with van der Waals surface area (Å²) in [7, 11) is 0. The second kappa shape index (κ2) is 6.38. The summed E-state index contributed by atoms with van der Waals surface area (Å²) in [5.74, 6) is -5.38. The van der Waals surface area contributed by atoms with Crippen LogP contribution in [0.25, 0.3) is 0 Å². The fraction of sp³-hybridized carbons (Fsp3) is 0. The Morgan fingerprint density at radius 2 is 1.54 bits per heavy atom. The highest BCUT2D eigenvalue weighted by atomic mass is 19.1. The molecular weight excluding hydrogens is 370 g/mol. The van der Waals surface area contributed by atoms with Crippen molar-refractivity contribution < 1.29 is 33.0 Å². The van der Waals surface area contributed by atoms with E-state index in [0.29, 0.717) is 6.07 Å². The van der Waals surface area contributed by atoms with Crippen LogP contribution in [0.2, 0.25) is 0 Å². The van der Waals surface area contributed by atoms with Crippen LogP contribution in [0.1, 0.15) is 42.2 Å². The summed E-state index contributed by atoms with van der Waals surface area (Å²) in [5.41, 5.74) is -0.560. The van der Waals surface area contributed by atoms with Gasteiger partial charge in [-0.05, 0) is 24.3 Å². The Balaban J connectivity index is 1.75. The van der Waals surface area contributed by atoms with Gasteiger partial charge >= 0.3 is 5.97 Å². The fourth-order valence-corrected chi connectivity index (χ4v) is 3.04. The topological polar surface area (TPSA) is 80.7 Å². The zero-order valence-corrected chi connectivity index (χ0v) is 14.0. The Kier molecular flexibility index (Phi) is 4.00. The Morgan fingerprint density at radius 1 is 0.857 bits per heavy atom. The van der Waals surface area contributed by atoms with Crippen LogP contribution < -0.4 is 4.74 Å². The number of ketones is 2. The summed E-state index contributed by atoms with van der Waals surface area (Å²) in [5, 5.41) is 10.5. The fourth-order valence-electron chi connectivity index (χ4n) is 3.04. The molecule has 0 bridgehead atoms. The van der Waals surface area contributed by atoms with Crippen molar-refractivity contribution in [2.45, 2.75) is 0 Å². The van der Waals surface area contributed by atoms with Gasteiger partial charge in [-0.1, -0.05) is 24.3 Å². The van der Waals surface area contributed by atoms with Crippen molar-refractivity contribution in [3.63, 3.8) is 0 Å². The average molecular weight is 380 g/mol. The number of esters is 1. The first-order chi connectivity index (χ1) is 13.4. The third-order valence-corrected chi connectivity index (χ3v) is 4.38. The molecule has 138 valence electrons. The van der Waals surface area contributed by atoms with Crippen LogP contribution in [0, 0.1) is 11.6 Å². The summed E-state index contributed by atoms with van der Waals surface area (Å²) >= 11 is 0. The lowest BCUT2D eigenvalue weighted by atomic mass is 9.83. The standard InChI is InChI=1S/C21H10F2O5/c22-10-5-6-13(15(23)9-10)21(27)28-16-8-7-14-17(20(16)26)19(25)12-4-2-1-3-11(12)18(14)24/h1-9,26H. The number of carbonyl (C=O) groups is 3. The van der Waals surface area contributed by atoms with Gasteiger partial charge in [-0.15, -0.1) is 0 Å². The molecule has 5 nitrogen and oxygen atoms in total. The molecule has 0 unspecified atom stereocenters. The van der Waals surface area contributed by atoms with Gasteiger partial charge in [0.1, 0.15) is 11.6 Å². The second-order valence-electron chi connectivity index (χ2n) is 6.05. The van der Waals surface area contributed by atoms with Crippen LogP contribution in [-0.2, 0) is 0 Å². The molecule has 0 fully saturated rings. The highest BCUT2D eigenvalue weighted by molar-refractivity contribution is 6.29. The maximum absolute atomic E-state index is 13.8. The van der Waals surface area contributed by atoms with E-state index in [1.54, 1.807) is 12.1 Å². The van der Waals surface area contributed by atoms with E-state index < -0.39 is 46.2 Å². The lowest BCUT2D eigenvalue weighted by Crippen LogP contribution is -2.21. The van der Waals surface area contributed by atoms with Crippen LogP contribution in [0.5, 0.6) is 11.5 Å². The van der Waals surface area contributed by atoms with Gasteiger partial charge in [-0.25, -0.2) is 13.6 Å². The largest absolute Gasteiger partial charge is 0.504 e. The molecular formula is C21H10F2O5. The molecule has 3 aromatic rings. The molecule has 0 radical (unpaired) electrons. The smallest absolute Gasteiger partial charge is 0.346 e. The Hall–Kier alpha value is -3.87. The maximum atomic E-state index is 13.8. The molecule has 0 heterocycles. The zero-order chi connectivity index (χ0) is 20.0. The number of phenolic OH excluding ortho intramolecular Hbond substituents is 1. The first-order valence-corrected chi connectivity index (χ1v) is 8.10. The molecule has 1 N–H and O–H groups in total. The second-order valence-corrected chi connectivity index (χ2v) is 6.05. The highest BCUT2D eigenvalue weighted by Gasteiger charge is 2.33. The molecule has 0 spiro atoms. The number of carbonyl (C=O) groups excluding carboxylic acids is 3. The molecule has 7 heteroatoms. The zero-order valence-electron chi connectivity index (χ0n) is 14.0. The van der Waals surface area contributed by atoms with Crippen LogP contribution in [-0.4, -0.2) is 22.6 Å². The molecule has 0 amide bonds. The van der Waals surface area contributed by atoms with E-state index in [1.165, 1.54) is 18.2 Å². The SMILES string of the molecule is O=C(Oc1ccc2c(c1O)C(=O)c1ccccc1C2=O)c1ccc(F)cc1F. The first-order valence-electron chi connectivity index (χ1n) is 8.10. The van der Waals surface area contributed by atoms with Gasteiger partial charge < -0.3 is 9.84 Å². The molecule has 1 aliphatic rings. The van der Waals surface area contributed by atoms with Crippen LogP contribution in [0.4, 0.5) is 8.78 Å². The first kappa shape index (κ1) is 17.5. The predicted molar refractivity (Wildman–Crippen MR) is 92.7 cm³/mol. The third kappa shape index (κ3) is 2.64. The molecule has 0 atom stereocenters. The van der Waals surface area contributed by atoms with E-state index in [0.717, 1.165) is 18.2 Å². The van der Waals surface area contributed by atoms with Gasteiger partial charge in [0.15, 0.2) is 23.1 Å². The third-order valence-electron chi connectivity index (χ3n) is 4.38. The summed E-state index contributed by atoms with van der Waals surface area (Å²) in [6, 6.07) is 10.8. The summed E-state index contributed by atoms with van der Waals surface area (Å²) in [6.07, 6.45) is 0. The van der Waals surface area contributed by atoms with Crippen molar-refractivity contribution in [3.8, 4) is 11.5 Å². The number of halogens is 2. The van der Waals surface area contributed by atoms with Crippen molar-refractivity contribution in [2.75, 3.05) is 0 Å². The summed E-state index contributed by atoms with van der Waals surface area (Å²) in [6.45, 7) is 0. The molecule has 0 aliphatic heterocycles. The number of rotatable bonds is 2. The number of hydrogen-bond acceptors (Lipinski definition) is 5. The maximum Gasteiger partial charge on any atom is 0.346 e. The van der Waals surface area contributed by atoms with E-state index in [2.05, 4.69) is 0 Å². The molecule has 0 aromatic heterocycles.